The van der Waals surface area contributed by atoms with Crippen LogP contribution in [0, 0.1) is 18.3 Å². The highest BCUT2D eigenvalue weighted by Gasteiger charge is 2.10. The molecule has 2 aromatic rings. The van der Waals surface area contributed by atoms with E-state index in [4.69, 9.17) is 0 Å². The monoisotopic (exact) mass is 243 g/mol. The highest BCUT2D eigenvalue weighted by atomic mass is 32.2. The summed E-state index contributed by atoms with van der Waals surface area (Å²) in [7, 11) is 0. The van der Waals surface area contributed by atoms with Crippen LogP contribution in [0.5, 0.6) is 0 Å². The standard InChI is InChI=1S/C13H13N3S/c1-3-17-13-6-4-5-12(11(13)9-14)16-8-7-15-10(16)2/h4-8H,3H2,1-2H3. The van der Waals surface area contributed by atoms with Crippen molar-refractivity contribution in [1.82, 2.24) is 9.55 Å². The van der Waals surface area contributed by atoms with E-state index in [-0.39, 0.29) is 0 Å². The molecule has 3 nitrogen and oxygen atoms in total. The van der Waals surface area contributed by atoms with Crippen molar-refractivity contribution in [1.29, 1.82) is 5.26 Å². The minimum absolute atomic E-state index is 0.723. The first-order valence-corrected chi connectivity index (χ1v) is 6.42. The van der Waals surface area contributed by atoms with Crippen LogP contribution >= 0.6 is 11.8 Å². The first-order valence-electron chi connectivity index (χ1n) is 5.44. The second-order valence-corrected chi connectivity index (χ2v) is 4.85. The van der Waals surface area contributed by atoms with Crippen molar-refractivity contribution in [3.8, 4) is 11.8 Å². The lowest BCUT2D eigenvalue weighted by atomic mass is 10.2. The zero-order valence-electron chi connectivity index (χ0n) is 9.84. The number of aryl methyl sites for hydroxylation is 1. The van der Waals surface area contributed by atoms with E-state index >= 15 is 0 Å². The topological polar surface area (TPSA) is 41.6 Å². The van der Waals surface area contributed by atoms with E-state index in [1.54, 1.807) is 18.0 Å². The number of hydrogen-bond donors (Lipinski definition) is 0. The van der Waals surface area contributed by atoms with Gasteiger partial charge in [-0.05, 0) is 24.8 Å². The van der Waals surface area contributed by atoms with Crippen LogP contribution in [0.2, 0.25) is 0 Å². The van der Waals surface area contributed by atoms with Gasteiger partial charge in [0.05, 0.1) is 11.3 Å². The van der Waals surface area contributed by atoms with Gasteiger partial charge in [0.25, 0.3) is 0 Å². The Hall–Kier alpha value is -1.73. The molecule has 0 spiro atoms. The average Bonchev–Trinajstić information content (AvgIpc) is 2.75. The van der Waals surface area contributed by atoms with Gasteiger partial charge < -0.3 is 4.57 Å². The number of nitrogens with zero attached hydrogens (tertiary/aromatic N) is 3. The van der Waals surface area contributed by atoms with E-state index in [2.05, 4.69) is 18.0 Å². The second-order valence-electron chi connectivity index (χ2n) is 3.54. The van der Waals surface area contributed by atoms with Crippen molar-refractivity contribution in [3.05, 3.63) is 42.0 Å². The van der Waals surface area contributed by atoms with Gasteiger partial charge in [-0.15, -0.1) is 11.8 Å². The largest absolute Gasteiger partial charge is 0.303 e. The van der Waals surface area contributed by atoms with Gasteiger partial charge in [-0.2, -0.15) is 5.26 Å². The molecular weight excluding hydrogens is 230 g/mol. The van der Waals surface area contributed by atoms with Gasteiger partial charge in [-0.3, -0.25) is 0 Å². The maximum absolute atomic E-state index is 9.32. The van der Waals surface area contributed by atoms with Crippen LogP contribution in [-0.2, 0) is 0 Å². The number of nitriles is 1. The molecule has 1 aromatic carbocycles. The van der Waals surface area contributed by atoms with Gasteiger partial charge in [0.15, 0.2) is 0 Å². The van der Waals surface area contributed by atoms with Gasteiger partial charge in [-0.1, -0.05) is 13.0 Å². The molecule has 0 aliphatic carbocycles. The van der Waals surface area contributed by atoms with Crippen LogP contribution in [0.1, 0.15) is 18.3 Å². The van der Waals surface area contributed by atoms with E-state index in [0.717, 1.165) is 27.7 Å². The molecule has 4 heteroatoms. The maximum atomic E-state index is 9.32. The Morgan fingerprint density at radius 2 is 2.29 bits per heavy atom. The number of benzene rings is 1. The van der Waals surface area contributed by atoms with Crippen molar-refractivity contribution < 1.29 is 0 Å². The summed E-state index contributed by atoms with van der Waals surface area (Å²) < 4.78 is 1.94. The summed E-state index contributed by atoms with van der Waals surface area (Å²) in [5, 5.41) is 9.32. The minimum Gasteiger partial charge on any atom is -0.303 e. The van der Waals surface area contributed by atoms with Crippen molar-refractivity contribution in [2.75, 3.05) is 5.75 Å². The minimum atomic E-state index is 0.723. The van der Waals surface area contributed by atoms with Gasteiger partial charge >= 0.3 is 0 Å². The predicted octanol–water partition coefficient (Wildman–Crippen LogP) is 3.16. The number of thioether (sulfide) groups is 1. The second kappa shape index (κ2) is 5.07. The molecule has 86 valence electrons. The molecule has 0 radical (unpaired) electrons. The molecule has 0 aliphatic rings. The van der Waals surface area contributed by atoms with Crippen molar-refractivity contribution in [2.24, 2.45) is 0 Å². The van der Waals surface area contributed by atoms with Gasteiger partial charge in [0.1, 0.15) is 11.9 Å². The Kier molecular flexibility index (Phi) is 3.50. The number of hydrogen-bond acceptors (Lipinski definition) is 3. The molecule has 0 fully saturated rings. The average molecular weight is 243 g/mol. The fourth-order valence-electron chi connectivity index (χ4n) is 1.74. The van der Waals surface area contributed by atoms with E-state index in [1.807, 2.05) is 35.9 Å². The fourth-order valence-corrected chi connectivity index (χ4v) is 2.52. The normalized spacial score (nSPS) is 10.2. The van der Waals surface area contributed by atoms with Gasteiger partial charge in [0, 0.05) is 17.3 Å². The van der Waals surface area contributed by atoms with E-state index in [0.29, 0.717) is 0 Å². The lowest BCUT2D eigenvalue weighted by Crippen LogP contribution is -1.99. The maximum Gasteiger partial charge on any atom is 0.110 e. The molecule has 1 aromatic heterocycles. The molecule has 0 amide bonds. The molecule has 0 aliphatic heterocycles. The summed E-state index contributed by atoms with van der Waals surface area (Å²) in [6, 6.07) is 8.21. The molecule has 0 N–H and O–H groups in total. The Morgan fingerprint density at radius 1 is 1.47 bits per heavy atom. The van der Waals surface area contributed by atoms with Crippen LogP contribution in [0.4, 0.5) is 0 Å². The van der Waals surface area contributed by atoms with E-state index < -0.39 is 0 Å². The molecule has 1 heterocycles. The van der Waals surface area contributed by atoms with Crippen molar-refractivity contribution in [2.45, 2.75) is 18.7 Å². The zero-order valence-corrected chi connectivity index (χ0v) is 10.7. The SMILES string of the molecule is CCSc1cccc(-n2ccnc2C)c1C#N. The Morgan fingerprint density at radius 3 is 2.88 bits per heavy atom. The quantitative estimate of drug-likeness (QED) is 0.777. The Balaban J connectivity index is 2.59. The third kappa shape index (κ3) is 2.20. The fraction of sp³-hybridized carbons (Fsp3) is 0.231. The van der Waals surface area contributed by atoms with Gasteiger partial charge in [-0.25, -0.2) is 4.98 Å². The predicted molar refractivity (Wildman–Crippen MR) is 69.4 cm³/mol. The van der Waals surface area contributed by atoms with Crippen LogP contribution in [0.25, 0.3) is 5.69 Å². The summed E-state index contributed by atoms with van der Waals surface area (Å²) in [4.78, 5) is 5.22. The van der Waals surface area contributed by atoms with E-state index in [9.17, 15) is 5.26 Å². The third-order valence-electron chi connectivity index (χ3n) is 2.50. The molecular formula is C13H13N3S. The summed E-state index contributed by atoms with van der Waals surface area (Å²) in [5.41, 5.74) is 1.63. The molecule has 0 unspecified atom stereocenters. The summed E-state index contributed by atoms with van der Waals surface area (Å²) in [5.74, 6) is 1.85. The molecule has 0 atom stereocenters. The van der Waals surface area contributed by atoms with E-state index in [1.165, 1.54) is 0 Å². The molecule has 17 heavy (non-hydrogen) atoms. The summed E-state index contributed by atoms with van der Waals surface area (Å²) in [6.45, 7) is 4.02. The first kappa shape index (κ1) is 11.7. The molecule has 2 rings (SSSR count). The van der Waals surface area contributed by atoms with Crippen LogP contribution < -0.4 is 0 Å². The van der Waals surface area contributed by atoms with Crippen LogP contribution in [-0.4, -0.2) is 15.3 Å². The lowest BCUT2D eigenvalue weighted by molar-refractivity contribution is 0.964. The number of rotatable bonds is 3. The smallest absolute Gasteiger partial charge is 0.110 e. The summed E-state index contributed by atoms with van der Waals surface area (Å²) >= 11 is 1.69. The number of imidazole rings is 1. The lowest BCUT2D eigenvalue weighted by Gasteiger charge is -2.10. The Labute approximate surface area is 105 Å². The number of aromatic nitrogens is 2. The molecule has 0 saturated carbocycles. The summed E-state index contributed by atoms with van der Waals surface area (Å²) in [6.07, 6.45) is 3.63. The first-order chi connectivity index (χ1) is 8.27. The third-order valence-corrected chi connectivity index (χ3v) is 3.44. The van der Waals surface area contributed by atoms with Crippen LogP contribution in [0.3, 0.4) is 0 Å². The highest BCUT2D eigenvalue weighted by molar-refractivity contribution is 7.99. The molecule has 0 bridgehead atoms. The zero-order chi connectivity index (χ0) is 12.3. The Bertz CT molecular complexity index is 566. The van der Waals surface area contributed by atoms with Gasteiger partial charge in [0.2, 0.25) is 0 Å². The van der Waals surface area contributed by atoms with Crippen molar-refractivity contribution >= 4 is 11.8 Å². The highest BCUT2D eigenvalue weighted by Crippen LogP contribution is 2.27. The van der Waals surface area contributed by atoms with Crippen molar-refractivity contribution in [3.63, 3.8) is 0 Å². The molecule has 0 saturated heterocycles. The van der Waals surface area contributed by atoms with Crippen LogP contribution in [0.15, 0.2) is 35.5 Å².